The van der Waals surface area contributed by atoms with Crippen LogP contribution in [0.3, 0.4) is 0 Å². The molecule has 0 aliphatic carbocycles. The Balaban J connectivity index is 2.89. The summed E-state index contributed by atoms with van der Waals surface area (Å²) in [6, 6.07) is 5.99. The van der Waals surface area contributed by atoms with Crippen LogP contribution in [0.25, 0.3) is 10.9 Å². The molecule has 0 unspecified atom stereocenters. The van der Waals surface area contributed by atoms with Gasteiger partial charge >= 0.3 is 0 Å². The van der Waals surface area contributed by atoms with Crippen LogP contribution in [0.5, 0.6) is 0 Å². The van der Waals surface area contributed by atoms with E-state index in [0.29, 0.717) is 0 Å². The van der Waals surface area contributed by atoms with E-state index in [1.807, 2.05) is 6.07 Å². The van der Waals surface area contributed by atoms with Crippen LogP contribution < -0.4 is 5.73 Å². The summed E-state index contributed by atoms with van der Waals surface area (Å²) in [5.41, 5.74) is 10.1. The van der Waals surface area contributed by atoms with Crippen molar-refractivity contribution in [1.82, 2.24) is 4.98 Å². The van der Waals surface area contributed by atoms with E-state index in [2.05, 4.69) is 31.0 Å². The van der Waals surface area contributed by atoms with Crippen molar-refractivity contribution in [1.29, 1.82) is 0 Å². The SMILES string of the molecule is Cc1cc2nccc(N)c2cc1C. The van der Waals surface area contributed by atoms with Crippen LogP contribution in [0.15, 0.2) is 24.4 Å². The first kappa shape index (κ1) is 8.05. The summed E-state index contributed by atoms with van der Waals surface area (Å²) in [5.74, 6) is 0. The molecule has 2 aromatic rings. The number of hydrogen-bond donors (Lipinski definition) is 1. The Morgan fingerprint density at radius 1 is 1.15 bits per heavy atom. The van der Waals surface area contributed by atoms with E-state index in [1.165, 1.54) is 11.1 Å². The highest BCUT2D eigenvalue weighted by atomic mass is 14.7. The van der Waals surface area contributed by atoms with E-state index in [-0.39, 0.29) is 0 Å². The number of nitrogens with zero attached hydrogens (tertiary/aromatic N) is 1. The van der Waals surface area contributed by atoms with Gasteiger partial charge in [-0.25, -0.2) is 0 Å². The molecular formula is C11H12N2. The Labute approximate surface area is 77.4 Å². The molecule has 0 spiro atoms. The fourth-order valence-corrected chi connectivity index (χ4v) is 1.43. The van der Waals surface area contributed by atoms with E-state index >= 15 is 0 Å². The summed E-state index contributed by atoms with van der Waals surface area (Å²) in [6.07, 6.45) is 1.74. The molecule has 13 heavy (non-hydrogen) atoms. The summed E-state index contributed by atoms with van der Waals surface area (Å²) in [7, 11) is 0. The first-order valence-corrected chi connectivity index (χ1v) is 4.30. The normalized spacial score (nSPS) is 10.6. The number of fused-ring (bicyclic) bond motifs is 1. The standard InChI is InChI=1S/C11H12N2/c1-7-5-9-10(12)3-4-13-11(9)6-8(7)2/h3-6H,1-2H3,(H2,12,13). The van der Waals surface area contributed by atoms with Crippen molar-refractivity contribution in [2.24, 2.45) is 0 Å². The molecule has 0 amide bonds. The molecule has 66 valence electrons. The molecule has 2 N–H and O–H groups in total. The molecule has 0 aliphatic rings. The van der Waals surface area contributed by atoms with Crippen LogP contribution >= 0.6 is 0 Å². The Morgan fingerprint density at radius 3 is 2.62 bits per heavy atom. The number of aromatic nitrogens is 1. The second-order valence-corrected chi connectivity index (χ2v) is 3.35. The third kappa shape index (κ3) is 1.24. The molecule has 2 rings (SSSR count). The molecule has 0 saturated carbocycles. The van der Waals surface area contributed by atoms with Crippen LogP contribution in [0.1, 0.15) is 11.1 Å². The van der Waals surface area contributed by atoms with E-state index in [4.69, 9.17) is 5.73 Å². The van der Waals surface area contributed by atoms with Crippen LogP contribution in [0.2, 0.25) is 0 Å². The van der Waals surface area contributed by atoms with Gasteiger partial charge in [0.15, 0.2) is 0 Å². The maximum Gasteiger partial charge on any atom is 0.0725 e. The predicted octanol–water partition coefficient (Wildman–Crippen LogP) is 2.43. The topological polar surface area (TPSA) is 38.9 Å². The van der Waals surface area contributed by atoms with Gasteiger partial charge in [0.05, 0.1) is 5.52 Å². The van der Waals surface area contributed by atoms with Crippen LogP contribution in [-0.2, 0) is 0 Å². The molecule has 0 saturated heterocycles. The Kier molecular flexibility index (Phi) is 1.69. The monoisotopic (exact) mass is 172 g/mol. The van der Waals surface area contributed by atoms with Gasteiger partial charge in [-0.3, -0.25) is 4.98 Å². The summed E-state index contributed by atoms with van der Waals surface area (Å²) in [6.45, 7) is 4.17. The van der Waals surface area contributed by atoms with Crippen molar-refractivity contribution < 1.29 is 0 Å². The van der Waals surface area contributed by atoms with Crippen molar-refractivity contribution in [2.45, 2.75) is 13.8 Å². The molecule has 1 heterocycles. The third-order valence-electron chi connectivity index (χ3n) is 2.39. The first-order chi connectivity index (χ1) is 6.18. The maximum absolute atomic E-state index is 5.84. The zero-order chi connectivity index (χ0) is 9.42. The lowest BCUT2D eigenvalue weighted by atomic mass is 10.1. The van der Waals surface area contributed by atoms with Crippen molar-refractivity contribution in [2.75, 3.05) is 5.73 Å². The zero-order valence-corrected chi connectivity index (χ0v) is 7.83. The minimum Gasteiger partial charge on any atom is -0.398 e. The summed E-state index contributed by atoms with van der Waals surface area (Å²) in [4.78, 5) is 4.26. The van der Waals surface area contributed by atoms with E-state index < -0.39 is 0 Å². The average Bonchev–Trinajstić information content (AvgIpc) is 2.09. The maximum atomic E-state index is 5.84. The fourth-order valence-electron chi connectivity index (χ4n) is 1.43. The van der Waals surface area contributed by atoms with Gasteiger partial charge in [-0.05, 0) is 43.2 Å². The lowest BCUT2D eigenvalue weighted by Gasteiger charge is -2.04. The van der Waals surface area contributed by atoms with Gasteiger partial charge in [0, 0.05) is 17.3 Å². The third-order valence-corrected chi connectivity index (χ3v) is 2.39. The Hall–Kier alpha value is -1.57. The average molecular weight is 172 g/mol. The number of nitrogens with two attached hydrogens (primary N) is 1. The number of hydrogen-bond acceptors (Lipinski definition) is 2. The van der Waals surface area contributed by atoms with E-state index in [1.54, 1.807) is 6.20 Å². The van der Waals surface area contributed by atoms with Crippen molar-refractivity contribution >= 4 is 16.6 Å². The second kappa shape index (κ2) is 2.73. The molecule has 1 aromatic carbocycles. The first-order valence-electron chi connectivity index (χ1n) is 4.30. The van der Waals surface area contributed by atoms with E-state index in [9.17, 15) is 0 Å². The number of pyridine rings is 1. The van der Waals surface area contributed by atoms with Crippen LogP contribution in [0.4, 0.5) is 5.69 Å². The molecule has 2 nitrogen and oxygen atoms in total. The van der Waals surface area contributed by atoms with Gasteiger partial charge in [0.1, 0.15) is 0 Å². The molecule has 0 fully saturated rings. The fraction of sp³-hybridized carbons (Fsp3) is 0.182. The van der Waals surface area contributed by atoms with Crippen molar-refractivity contribution in [3.05, 3.63) is 35.5 Å². The molecule has 2 heteroatoms. The largest absolute Gasteiger partial charge is 0.398 e. The van der Waals surface area contributed by atoms with Gasteiger partial charge in [0.25, 0.3) is 0 Å². The minimum absolute atomic E-state index is 0.799. The van der Waals surface area contributed by atoms with Gasteiger partial charge in [0.2, 0.25) is 0 Å². The van der Waals surface area contributed by atoms with Gasteiger partial charge in [-0.2, -0.15) is 0 Å². The quantitative estimate of drug-likeness (QED) is 0.662. The van der Waals surface area contributed by atoms with Crippen LogP contribution in [-0.4, -0.2) is 4.98 Å². The Morgan fingerprint density at radius 2 is 1.85 bits per heavy atom. The predicted molar refractivity (Wildman–Crippen MR) is 55.6 cm³/mol. The number of benzene rings is 1. The lowest BCUT2D eigenvalue weighted by Crippen LogP contribution is -1.90. The highest BCUT2D eigenvalue weighted by Gasteiger charge is 2.00. The highest BCUT2D eigenvalue weighted by molar-refractivity contribution is 5.90. The van der Waals surface area contributed by atoms with Crippen molar-refractivity contribution in [3.63, 3.8) is 0 Å². The minimum atomic E-state index is 0.799. The van der Waals surface area contributed by atoms with E-state index in [0.717, 1.165) is 16.6 Å². The molecule has 0 aliphatic heterocycles. The number of anilines is 1. The number of rotatable bonds is 0. The van der Waals surface area contributed by atoms with Gasteiger partial charge in [-0.1, -0.05) is 0 Å². The highest BCUT2D eigenvalue weighted by Crippen LogP contribution is 2.21. The van der Waals surface area contributed by atoms with Crippen LogP contribution in [0, 0.1) is 13.8 Å². The van der Waals surface area contributed by atoms with Gasteiger partial charge in [-0.15, -0.1) is 0 Å². The zero-order valence-electron chi connectivity index (χ0n) is 7.83. The molecule has 1 aromatic heterocycles. The molecular weight excluding hydrogens is 160 g/mol. The summed E-state index contributed by atoms with van der Waals surface area (Å²) < 4.78 is 0. The number of aryl methyl sites for hydroxylation is 2. The molecule has 0 bridgehead atoms. The Bertz CT molecular complexity index is 461. The smallest absolute Gasteiger partial charge is 0.0725 e. The van der Waals surface area contributed by atoms with Gasteiger partial charge < -0.3 is 5.73 Å². The summed E-state index contributed by atoms with van der Waals surface area (Å²) in [5, 5.41) is 1.05. The lowest BCUT2D eigenvalue weighted by molar-refractivity contribution is 1.33. The number of nitrogen functional groups attached to an aromatic ring is 1. The second-order valence-electron chi connectivity index (χ2n) is 3.35. The molecule has 0 atom stereocenters. The molecule has 0 radical (unpaired) electrons. The summed E-state index contributed by atoms with van der Waals surface area (Å²) >= 11 is 0. The van der Waals surface area contributed by atoms with Crippen molar-refractivity contribution in [3.8, 4) is 0 Å².